The van der Waals surface area contributed by atoms with Crippen LogP contribution in [-0.2, 0) is 0 Å². The third kappa shape index (κ3) is 3.03. The van der Waals surface area contributed by atoms with Crippen molar-refractivity contribution >= 4 is 11.8 Å². The van der Waals surface area contributed by atoms with E-state index in [-0.39, 0.29) is 12.1 Å². The lowest BCUT2D eigenvalue weighted by atomic mass is 9.97. The Morgan fingerprint density at radius 2 is 2.00 bits per heavy atom. The summed E-state index contributed by atoms with van der Waals surface area (Å²) in [6, 6.07) is 8.59. The largest absolute Gasteiger partial charge is 0.394 e. The minimum Gasteiger partial charge on any atom is -0.394 e. The molecular weight excluding hydrogens is 230 g/mol. The fourth-order valence-electron chi connectivity index (χ4n) is 2.13. The Morgan fingerprint density at radius 3 is 2.47 bits per heavy atom. The predicted molar refractivity (Wildman–Crippen MR) is 73.5 cm³/mol. The van der Waals surface area contributed by atoms with E-state index in [1.807, 2.05) is 18.8 Å². The molecule has 2 nitrogen and oxygen atoms in total. The number of nitrogens with one attached hydrogen (secondary N) is 1. The average Bonchev–Trinajstić information content (AvgIpc) is 3.18. The Balaban J connectivity index is 1.97. The SMILES string of the molecule is CNC(CO)(CSc1ccc(C)cc1)C1CC1. The quantitative estimate of drug-likeness (QED) is 0.762. The number of hydrogen-bond donors (Lipinski definition) is 2. The molecular formula is C14H21NOS. The van der Waals surface area contributed by atoms with Gasteiger partial charge in [-0.1, -0.05) is 17.7 Å². The topological polar surface area (TPSA) is 32.3 Å². The zero-order valence-corrected chi connectivity index (χ0v) is 11.4. The third-order valence-electron chi connectivity index (χ3n) is 3.66. The van der Waals surface area contributed by atoms with Gasteiger partial charge in [0, 0.05) is 10.6 Å². The maximum absolute atomic E-state index is 9.63. The van der Waals surface area contributed by atoms with Crippen LogP contribution in [0.3, 0.4) is 0 Å². The van der Waals surface area contributed by atoms with Crippen molar-refractivity contribution in [3.05, 3.63) is 29.8 Å². The summed E-state index contributed by atoms with van der Waals surface area (Å²) in [5.74, 6) is 1.59. The van der Waals surface area contributed by atoms with E-state index in [0.717, 1.165) is 5.75 Å². The second-order valence-electron chi connectivity index (χ2n) is 4.94. The van der Waals surface area contributed by atoms with E-state index < -0.39 is 0 Å². The van der Waals surface area contributed by atoms with E-state index >= 15 is 0 Å². The van der Waals surface area contributed by atoms with E-state index in [4.69, 9.17) is 0 Å². The first-order valence-corrected chi connectivity index (χ1v) is 7.18. The Morgan fingerprint density at radius 1 is 1.35 bits per heavy atom. The van der Waals surface area contributed by atoms with Gasteiger partial charge in [-0.2, -0.15) is 0 Å². The van der Waals surface area contributed by atoms with Crippen molar-refractivity contribution < 1.29 is 5.11 Å². The molecule has 1 aliphatic carbocycles. The Bertz CT molecular complexity index is 355. The molecule has 2 rings (SSSR count). The molecule has 2 N–H and O–H groups in total. The summed E-state index contributed by atoms with van der Waals surface area (Å²) in [6.45, 7) is 2.33. The first-order valence-electron chi connectivity index (χ1n) is 6.19. The van der Waals surface area contributed by atoms with Crippen LogP contribution in [0.4, 0.5) is 0 Å². The zero-order valence-electron chi connectivity index (χ0n) is 10.6. The highest BCUT2D eigenvalue weighted by Crippen LogP contribution is 2.41. The van der Waals surface area contributed by atoms with Crippen molar-refractivity contribution in [2.45, 2.75) is 30.2 Å². The van der Waals surface area contributed by atoms with E-state index in [2.05, 4.69) is 36.5 Å². The van der Waals surface area contributed by atoms with Gasteiger partial charge in [-0.3, -0.25) is 0 Å². The van der Waals surface area contributed by atoms with Gasteiger partial charge in [0.25, 0.3) is 0 Å². The van der Waals surface area contributed by atoms with Crippen molar-refractivity contribution in [3.63, 3.8) is 0 Å². The van der Waals surface area contributed by atoms with Crippen LogP contribution in [0.5, 0.6) is 0 Å². The van der Waals surface area contributed by atoms with E-state index in [1.54, 1.807) is 0 Å². The van der Waals surface area contributed by atoms with Crippen LogP contribution in [-0.4, -0.2) is 30.1 Å². The molecule has 3 heteroatoms. The average molecular weight is 251 g/mol. The summed E-state index contributed by atoms with van der Waals surface area (Å²) in [7, 11) is 1.96. The number of aliphatic hydroxyl groups excluding tert-OH is 1. The lowest BCUT2D eigenvalue weighted by Gasteiger charge is -2.31. The Labute approximate surface area is 108 Å². The van der Waals surface area contributed by atoms with Crippen LogP contribution >= 0.6 is 11.8 Å². The van der Waals surface area contributed by atoms with Gasteiger partial charge in [0.1, 0.15) is 0 Å². The molecule has 1 fully saturated rings. The second-order valence-corrected chi connectivity index (χ2v) is 5.99. The van der Waals surface area contributed by atoms with Gasteiger partial charge in [0.15, 0.2) is 0 Å². The molecule has 94 valence electrons. The predicted octanol–water partition coefficient (Wildman–Crippen LogP) is 2.45. The molecule has 1 aromatic carbocycles. The molecule has 1 atom stereocenters. The number of likely N-dealkylation sites (N-methyl/N-ethyl adjacent to an activating group) is 1. The van der Waals surface area contributed by atoms with Crippen molar-refractivity contribution in [2.75, 3.05) is 19.4 Å². The van der Waals surface area contributed by atoms with Crippen LogP contribution < -0.4 is 5.32 Å². The summed E-state index contributed by atoms with van der Waals surface area (Å²) in [5.41, 5.74) is 1.20. The summed E-state index contributed by atoms with van der Waals surface area (Å²) < 4.78 is 0. The zero-order chi connectivity index (χ0) is 12.3. The standard InChI is InChI=1S/C14H21NOS/c1-11-3-7-13(8-4-11)17-10-14(9-16,15-2)12-5-6-12/h3-4,7-8,12,15-16H,5-6,9-10H2,1-2H3. The number of rotatable bonds is 6. The van der Waals surface area contributed by atoms with Crippen LogP contribution in [0.25, 0.3) is 0 Å². The summed E-state index contributed by atoms with van der Waals surface area (Å²) in [4.78, 5) is 1.28. The van der Waals surface area contributed by atoms with E-state index in [1.165, 1.54) is 23.3 Å². The summed E-state index contributed by atoms with van der Waals surface area (Å²) >= 11 is 1.83. The van der Waals surface area contributed by atoms with Crippen LogP contribution in [0.1, 0.15) is 18.4 Å². The second kappa shape index (κ2) is 5.42. The van der Waals surface area contributed by atoms with E-state index in [0.29, 0.717) is 5.92 Å². The monoisotopic (exact) mass is 251 g/mol. The highest BCUT2D eigenvalue weighted by Gasteiger charge is 2.43. The molecule has 1 unspecified atom stereocenters. The van der Waals surface area contributed by atoms with Gasteiger partial charge >= 0.3 is 0 Å². The van der Waals surface area contributed by atoms with Gasteiger partial charge in [-0.15, -0.1) is 11.8 Å². The molecule has 0 spiro atoms. The van der Waals surface area contributed by atoms with Crippen molar-refractivity contribution in [3.8, 4) is 0 Å². The van der Waals surface area contributed by atoms with Gasteiger partial charge in [0.05, 0.1) is 12.1 Å². The van der Waals surface area contributed by atoms with Gasteiger partial charge in [-0.25, -0.2) is 0 Å². The first-order chi connectivity index (χ1) is 8.20. The Hall–Kier alpha value is -0.510. The minimum atomic E-state index is -0.0877. The number of aliphatic hydroxyl groups is 1. The van der Waals surface area contributed by atoms with Gasteiger partial charge in [0.2, 0.25) is 0 Å². The van der Waals surface area contributed by atoms with Crippen LogP contribution in [0, 0.1) is 12.8 Å². The third-order valence-corrected chi connectivity index (χ3v) is 4.92. The number of benzene rings is 1. The van der Waals surface area contributed by atoms with Crippen molar-refractivity contribution in [1.29, 1.82) is 0 Å². The number of aryl methyl sites for hydroxylation is 1. The summed E-state index contributed by atoms with van der Waals surface area (Å²) in [6.07, 6.45) is 2.49. The van der Waals surface area contributed by atoms with Crippen LogP contribution in [0.2, 0.25) is 0 Å². The van der Waals surface area contributed by atoms with Crippen LogP contribution in [0.15, 0.2) is 29.2 Å². The van der Waals surface area contributed by atoms with Crippen molar-refractivity contribution in [2.24, 2.45) is 5.92 Å². The molecule has 0 heterocycles. The minimum absolute atomic E-state index is 0.0877. The lowest BCUT2D eigenvalue weighted by molar-refractivity contribution is 0.167. The maximum Gasteiger partial charge on any atom is 0.0624 e. The van der Waals surface area contributed by atoms with E-state index in [9.17, 15) is 5.11 Å². The van der Waals surface area contributed by atoms with Gasteiger partial charge < -0.3 is 10.4 Å². The molecule has 1 saturated carbocycles. The fraction of sp³-hybridized carbons (Fsp3) is 0.571. The molecule has 0 amide bonds. The fourth-order valence-corrected chi connectivity index (χ4v) is 3.35. The maximum atomic E-state index is 9.63. The number of thioether (sulfide) groups is 1. The normalized spacial score (nSPS) is 19.0. The highest BCUT2D eigenvalue weighted by molar-refractivity contribution is 7.99. The molecule has 17 heavy (non-hydrogen) atoms. The molecule has 0 bridgehead atoms. The molecule has 1 aromatic rings. The molecule has 1 aliphatic rings. The number of hydrogen-bond acceptors (Lipinski definition) is 3. The highest BCUT2D eigenvalue weighted by atomic mass is 32.2. The molecule has 0 saturated heterocycles. The first kappa shape index (κ1) is 12.9. The lowest BCUT2D eigenvalue weighted by Crippen LogP contribution is -2.51. The Kier molecular flexibility index (Phi) is 4.13. The van der Waals surface area contributed by atoms with Crippen molar-refractivity contribution in [1.82, 2.24) is 5.32 Å². The molecule has 0 radical (unpaired) electrons. The van der Waals surface area contributed by atoms with Gasteiger partial charge in [-0.05, 0) is 44.9 Å². The smallest absolute Gasteiger partial charge is 0.0624 e. The molecule has 0 aliphatic heterocycles. The summed E-state index contributed by atoms with van der Waals surface area (Å²) in [5, 5.41) is 13.0. The molecule has 0 aromatic heterocycles.